The highest BCUT2D eigenvalue weighted by Crippen LogP contribution is 2.29. The van der Waals surface area contributed by atoms with Crippen LogP contribution in [-0.4, -0.2) is 30.7 Å². The van der Waals surface area contributed by atoms with Gasteiger partial charge >= 0.3 is 0 Å². The Balaban J connectivity index is 1.85. The van der Waals surface area contributed by atoms with E-state index in [1.165, 1.54) is 25.9 Å². The average Bonchev–Trinajstić information content (AvgIpc) is 2.78. The molecule has 0 aromatic carbocycles. The second kappa shape index (κ2) is 3.81. The van der Waals surface area contributed by atoms with Gasteiger partial charge in [-0.2, -0.15) is 0 Å². The Labute approximate surface area is 90.5 Å². The highest BCUT2D eigenvalue weighted by atomic mass is 15.3. The van der Waals surface area contributed by atoms with E-state index in [4.69, 9.17) is 0 Å². The molecule has 80 valence electrons. The molecule has 0 radical (unpaired) electrons. The van der Waals surface area contributed by atoms with Crippen LogP contribution in [0.4, 0.5) is 5.82 Å². The van der Waals surface area contributed by atoms with Gasteiger partial charge in [-0.05, 0) is 30.9 Å². The van der Waals surface area contributed by atoms with E-state index in [1.54, 1.807) is 0 Å². The molecule has 1 N–H and O–H groups in total. The zero-order chi connectivity index (χ0) is 10.1. The summed E-state index contributed by atoms with van der Waals surface area (Å²) in [6.07, 6.45) is 4.57. The zero-order valence-corrected chi connectivity index (χ0v) is 8.89. The normalized spacial score (nSPS) is 30.3. The number of rotatable bonds is 1. The Morgan fingerprint density at radius 1 is 1.33 bits per heavy atom. The van der Waals surface area contributed by atoms with Crippen molar-refractivity contribution in [3.05, 3.63) is 24.4 Å². The third-order valence-corrected chi connectivity index (χ3v) is 3.62. The molecule has 0 amide bonds. The number of nitrogens with zero attached hydrogens (tertiary/aromatic N) is 2. The minimum absolute atomic E-state index is 0.675. The first-order valence-corrected chi connectivity index (χ1v) is 5.83. The van der Waals surface area contributed by atoms with E-state index in [9.17, 15) is 0 Å². The zero-order valence-electron chi connectivity index (χ0n) is 8.89. The van der Waals surface area contributed by atoms with Gasteiger partial charge < -0.3 is 10.2 Å². The van der Waals surface area contributed by atoms with Gasteiger partial charge in [0.15, 0.2) is 0 Å². The van der Waals surface area contributed by atoms with Gasteiger partial charge in [0.1, 0.15) is 5.82 Å². The van der Waals surface area contributed by atoms with Crippen molar-refractivity contribution in [2.45, 2.75) is 18.9 Å². The molecule has 0 spiro atoms. The van der Waals surface area contributed by atoms with Crippen LogP contribution in [0.5, 0.6) is 0 Å². The smallest absolute Gasteiger partial charge is 0.128 e. The van der Waals surface area contributed by atoms with Gasteiger partial charge in [0.05, 0.1) is 0 Å². The number of anilines is 1. The SMILES string of the molecule is c1ccc(N2CCCC3CNCC32)nc1. The van der Waals surface area contributed by atoms with Gasteiger partial charge in [0.25, 0.3) is 0 Å². The first kappa shape index (κ1) is 9.16. The van der Waals surface area contributed by atoms with Crippen molar-refractivity contribution in [1.82, 2.24) is 10.3 Å². The quantitative estimate of drug-likeness (QED) is 0.745. The third kappa shape index (κ3) is 1.61. The number of nitrogens with one attached hydrogen (secondary N) is 1. The van der Waals surface area contributed by atoms with Crippen molar-refractivity contribution in [3.8, 4) is 0 Å². The van der Waals surface area contributed by atoms with Gasteiger partial charge in [-0.15, -0.1) is 0 Å². The van der Waals surface area contributed by atoms with Crippen LogP contribution < -0.4 is 10.2 Å². The summed E-state index contributed by atoms with van der Waals surface area (Å²) in [4.78, 5) is 6.94. The molecule has 1 aromatic heterocycles. The standard InChI is InChI=1S/C12H17N3/c1-2-6-14-12(5-1)15-7-3-4-10-8-13-9-11(10)15/h1-2,5-6,10-11,13H,3-4,7-9H2. The highest BCUT2D eigenvalue weighted by Gasteiger charge is 2.35. The molecule has 0 bridgehead atoms. The lowest BCUT2D eigenvalue weighted by Gasteiger charge is -2.37. The van der Waals surface area contributed by atoms with Crippen LogP contribution in [0.25, 0.3) is 0 Å². The minimum atomic E-state index is 0.675. The number of hydrogen-bond donors (Lipinski definition) is 1. The van der Waals surface area contributed by atoms with E-state index < -0.39 is 0 Å². The maximum atomic E-state index is 4.46. The van der Waals surface area contributed by atoms with E-state index in [-0.39, 0.29) is 0 Å². The number of aromatic nitrogens is 1. The van der Waals surface area contributed by atoms with Crippen molar-refractivity contribution in [2.24, 2.45) is 5.92 Å². The van der Waals surface area contributed by atoms with Crippen molar-refractivity contribution in [1.29, 1.82) is 0 Å². The first-order valence-electron chi connectivity index (χ1n) is 5.83. The second-order valence-electron chi connectivity index (χ2n) is 4.51. The molecule has 2 saturated heterocycles. The predicted octanol–water partition coefficient (Wildman–Crippen LogP) is 1.27. The summed E-state index contributed by atoms with van der Waals surface area (Å²) in [5.74, 6) is 1.98. The van der Waals surface area contributed by atoms with Gasteiger partial charge in [-0.1, -0.05) is 6.07 Å². The fraction of sp³-hybridized carbons (Fsp3) is 0.583. The number of piperidine rings is 1. The lowest BCUT2D eigenvalue weighted by Crippen LogP contribution is -2.45. The maximum absolute atomic E-state index is 4.46. The van der Waals surface area contributed by atoms with E-state index >= 15 is 0 Å². The van der Waals surface area contributed by atoms with Crippen molar-refractivity contribution < 1.29 is 0 Å². The average molecular weight is 203 g/mol. The summed E-state index contributed by atoms with van der Waals surface area (Å²) in [7, 11) is 0. The monoisotopic (exact) mass is 203 g/mol. The maximum Gasteiger partial charge on any atom is 0.128 e. The van der Waals surface area contributed by atoms with Gasteiger partial charge in [0.2, 0.25) is 0 Å². The summed E-state index contributed by atoms with van der Waals surface area (Å²) in [6, 6.07) is 6.86. The van der Waals surface area contributed by atoms with E-state index in [2.05, 4.69) is 27.3 Å². The molecule has 2 aliphatic rings. The fourth-order valence-corrected chi connectivity index (χ4v) is 2.88. The summed E-state index contributed by atoms with van der Waals surface area (Å²) < 4.78 is 0. The molecule has 0 saturated carbocycles. The number of hydrogen-bond acceptors (Lipinski definition) is 3. The summed E-state index contributed by atoms with van der Waals surface area (Å²) in [5.41, 5.74) is 0. The van der Waals surface area contributed by atoms with Crippen LogP contribution in [0, 0.1) is 5.92 Å². The largest absolute Gasteiger partial charge is 0.352 e. The lowest BCUT2D eigenvalue weighted by atomic mass is 9.92. The van der Waals surface area contributed by atoms with Gasteiger partial charge in [-0.3, -0.25) is 0 Å². The topological polar surface area (TPSA) is 28.2 Å². The molecule has 3 heteroatoms. The van der Waals surface area contributed by atoms with Crippen LogP contribution in [0.15, 0.2) is 24.4 Å². The van der Waals surface area contributed by atoms with Crippen LogP contribution >= 0.6 is 0 Å². The molecule has 2 fully saturated rings. The van der Waals surface area contributed by atoms with E-state index in [0.29, 0.717) is 6.04 Å². The molecule has 2 unspecified atom stereocenters. The Morgan fingerprint density at radius 2 is 2.33 bits per heavy atom. The van der Waals surface area contributed by atoms with Crippen molar-refractivity contribution in [2.75, 3.05) is 24.5 Å². The summed E-state index contributed by atoms with van der Waals surface area (Å²) >= 11 is 0. The third-order valence-electron chi connectivity index (χ3n) is 3.62. The molecule has 15 heavy (non-hydrogen) atoms. The molecule has 2 aliphatic heterocycles. The lowest BCUT2D eigenvalue weighted by molar-refractivity contribution is 0.383. The van der Waals surface area contributed by atoms with Gasteiger partial charge in [0, 0.05) is 31.9 Å². The molecule has 0 aliphatic carbocycles. The Hall–Kier alpha value is -1.09. The van der Waals surface area contributed by atoms with Crippen LogP contribution in [0.2, 0.25) is 0 Å². The highest BCUT2D eigenvalue weighted by molar-refractivity contribution is 5.40. The second-order valence-corrected chi connectivity index (χ2v) is 4.51. The molecular formula is C12H17N3. The first-order chi connectivity index (χ1) is 7.45. The molecule has 3 heterocycles. The van der Waals surface area contributed by atoms with Crippen LogP contribution in [0.1, 0.15) is 12.8 Å². The predicted molar refractivity (Wildman–Crippen MR) is 61.0 cm³/mol. The molecule has 3 nitrogen and oxygen atoms in total. The summed E-state index contributed by atoms with van der Waals surface area (Å²) in [5, 5.41) is 3.49. The molecule has 3 rings (SSSR count). The van der Waals surface area contributed by atoms with Gasteiger partial charge in [-0.25, -0.2) is 4.98 Å². The fourth-order valence-electron chi connectivity index (χ4n) is 2.88. The van der Waals surface area contributed by atoms with Crippen molar-refractivity contribution in [3.63, 3.8) is 0 Å². The van der Waals surface area contributed by atoms with E-state index in [0.717, 1.165) is 18.3 Å². The van der Waals surface area contributed by atoms with Crippen LogP contribution in [0.3, 0.4) is 0 Å². The Kier molecular flexibility index (Phi) is 2.33. The van der Waals surface area contributed by atoms with Crippen molar-refractivity contribution >= 4 is 5.82 Å². The molecular weight excluding hydrogens is 186 g/mol. The number of pyridine rings is 1. The summed E-state index contributed by atoms with van der Waals surface area (Å²) in [6.45, 7) is 3.48. The molecule has 1 aromatic rings. The number of fused-ring (bicyclic) bond motifs is 1. The van der Waals surface area contributed by atoms with Crippen LogP contribution in [-0.2, 0) is 0 Å². The molecule has 2 atom stereocenters. The Bertz CT molecular complexity index is 325. The Morgan fingerprint density at radius 3 is 3.20 bits per heavy atom. The minimum Gasteiger partial charge on any atom is -0.352 e. The van der Waals surface area contributed by atoms with E-state index in [1.807, 2.05) is 12.3 Å².